The van der Waals surface area contributed by atoms with Crippen LogP contribution in [-0.4, -0.2) is 16.1 Å². The Hall–Kier alpha value is -1.58. The number of nitrogen functional groups attached to an aromatic ring is 1. The Morgan fingerprint density at radius 3 is 2.76 bits per heavy atom. The molecule has 1 heterocycles. The molecule has 0 radical (unpaired) electrons. The minimum Gasteiger partial charge on any atom is -0.476 e. The maximum absolute atomic E-state index is 11.0. The van der Waals surface area contributed by atoms with Gasteiger partial charge in [0.2, 0.25) is 0 Å². The van der Waals surface area contributed by atoms with Crippen molar-refractivity contribution in [2.24, 2.45) is 11.8 Å². The van der Waals surface area contributed by atoms with Crippen molar-refractivity contribution >= 4 is 11.7 Å². The molecule has 2 saturated carbocycles. The maximum Gasteiger partial charge on any atom is 0.356 e. The number of nitrogens with two attached hydrogens (primary N) is 1. The van der Waals surface area contributed by atoms with Crippen LogP contribution in [0.5, 0.6) is 0 Å². The van der Waals surface area contributed by atoms with Gasteiger partial charge in [0.05, 0.1) is 5.69 Å². The number of aromatic nitrogens is 1. The third-order valence-corrected chi connectivity index (χ3v) is 4.27. The summed E-state index contributed by atoms with van der Waals surface area (Å²) in [7, 11) is 0. The molecule has 2 fully saturated rings. The maximum atomic E-state index is 11.0. The van der Waals surface area contributed by atoms with E-state index in [0.29, 0.717) is 11.8 Å². The molecule has 2 bridgehead atoms. The average molecular weight is 232 g/mol. The number of carboxylic acids is 1. The molecule has 0 aromatic carbocycles. The van der Waals surface area contributed by atoms with E-state index in [1.165, 1.54) is 25.7 Å². The third kappa shape index (κ3) is 1.68. The van der Waals surface area contributed by atoms with E-state index in [9.17, 15) is 4.79 Å². The molecule has 3 rings (SSSR count). The summed E-state index contributed by atoms with van der Waals surface area (Å²) in [6.07, 6.45) is 5.06. The van der Waals surface area contributed by atoms with Crippen LogP contribution in [-0.2, 0) is 0 Å². The van der Waals surface area contributed by atoms with Crippen LogP contribution >= 0.6 is 0 Å². The van der Waals surface area contributed by atoms with Gasteiger partial charge in [-0.1, -0.05) is 6.42 Å². The monoisotopic (exact) mass is 232 g/mol. The molecule has 0 saturated heterocycles. The van der Waals surface area contributed by atoms with E-state index >= 15 is 0 Å². The van der Waals surface area contributed by atoms with E-state index < -0.39 is 5.97 Å². The zero-order valence-corrected chi connectivity index (χ0v) is 9.60. The minimum atomic E-state index is -1.03. The van der Waals surface area contributed by atoms with Crippen LogP contribution in [0.1, 0.15) is 47.8 Å². The summed E-state index contributed by atoms with van der Waals surface area (Å²) in [5.74, 6) is 0.954. The predicted molar refractivity (Wildman–Crippen MR) is 63.8 cm³/mol. The second kappa shape index (κ2) is 3.72. The van der Waals surface area contributed by atoms with Crippen LogP contribution < -0.4 is 5.73 Å². The number of nitrogens with zero attached hydrogens (tertiary/aromatic N) is 1. The molecule has 2 aliphatic rings. The lowest BCUT2D eigenvalue weighted by atomic mass is 9.86. The molecule has 90 valence electrons. The van der Waals surface area contributed by atoms with Gasteiger partial charge in [-0.25, -0.2) is 9.78 Å². The Morgan fingerprint density at radius 2 is 2.18 bits per heavy atom. The van der Waals surface area contributed by atoms with Gasteiger partial charge in [0.25, 0.3) is 0 Å². The molecule has 4 nitrogen and oxygen atoms in total. The Labute approximate surface area is 99.9 Å². The summed E-state index contributed by atoms with van der Waals surface area (Å²) < 4.78 is 0. The molecule has 1 aromatic heterocycles. The predicted octanol–water partition coefficient (Wildman–Crippen LogP) is 2.27. The number of aromatic carboxylic acids is 1. The summed E-state index contributed by atoms with van der Waals surface area (Å²) >= 11 is 0. The standard InChI is InChI=1S/C13H16N2O2/c14-10-3-4-11(15-12(10)13(16)17)9-6-7-1-2-8(9)5-7/h3-4,7-9H,1-2,5-6,14H2,(H,16,17). The van der Waals surface area contributed by atoms with Crippen LogP contribution in [0.3, 0.4) is 0 Å². The molecule has 0 spiro atoms. The molecular weight excluding hydrogens is 216 g/mol. The number of pyridine rings is 1. The number of carbonyl (C=O) groups is 1. The highest BCUT2D eigenvalue weighted by Gasteiger charge is 2.40. The van der Waals surface area contributed by atoms with Crippen molar-refractivity contribution in [2.75, 3.05) is 5.73 Å². The molecule has 0 amide bonds. The van der Waals surface area contributed by atoms with Gasteiger partial charge in [0.15, 0.2) is 5.69 Å². The van der Waals surface area contributed by atoms with Gasteiger partial charge in [0.1, 0.15) is 0 Å². The third-order valence-electron chi connectivity index (χ3n) is 4.27. The molecule has 2 aliphatic carbocycles. The normalized spacial score (nSPS) is 30.7. The summed E-state index contributed by atoms with van der Waals surface area (Å²) in [5.41, 5.74) is 6.80. The summed E-state index contributed by atoms with van der Waals surface area (Å²) in [4.78, 5) is 15.3. The number of hydrogen-bond donors (Lipinski definition) is 2. The Bertz CT molecular complexity index is 472. The largest absolute Gasteiger partial charge is 0.476 e. The number of fused-ring (bicyclic) bond motifs is 2. The lowest BCUT2D eigenvalue weighted by Gasteiger charge is -2.21. The van der Waals surface area contributed by atoms with Crippen LogP contribution in [0.4, 0.5) is 5.69 Å². The topological polar surface area (TPSA) is 76.2 Å². The fourth-order valence-electron chi connectivity index (χ4n) is 3.47. The highest BCUT2D eigenvalue weighted by molar-refractivity contribution is 5.91. The number of anilines is 1. The average Bonchev–Trinajstić information content (AvgIpc) is 2.91. The van der Waals surface area contributed by atoms with E-state index in [-0.39, 0.29) is 11.4 Å². The van der Waals surface area contributed by atoms with E-state index in [1.807, 2.05) is 6.07 Å². The Morgan fingerprint density at radius 1 is 1.35 bits per heavy atom. The first-order chi connectivity index (χ1) is 8.15. The lowest BCUT2D eigenvalue weighted by molar-refractivity contribution is 0.0691. The minimum absolute atomic E-state index is 0.00488. The Kier molecular flexibility index (Phi) is 2.31. The fraction of sp³-hybridized carbons (Fsp3) is 0.538. The number of rotatable bonds is 2. The van der Waals surface area contributed by atoms with Crippen LogP contribution in [0.2, 0.25) is 0 Å². The van der Waals surface area contributed by atoms with Crippen molar-refractivity contribution in [1.29, 1.82) is 0 Å². The molecule has 4 heteroatoms. The van der Waals surface area contributed by atoms with Gasteiger partial charge < -0.3 is 10.8 Å². The van der Waals surface area contributed by atoms with Gasteiger partial charge in [0, 0.05) is 11.6 Å². The zero-order chi connectivity index (χ0) is 12.0. The van der Waals surface area contributed by atoms with Gasteiger partial charge in [-0.3, -0.25) is 0 Å². The highest BCUT2D eigenvalue weighted by Crippen LogP contribution is 2.52. The van der Waals surface area contributed by atoms with E-state index in [4.69, 9.17) is 10.8 Å². The highest BCUT2D eigenvalue weighted by atomic mass is 16.4. The van der Waals surface area contributed by atoms with Gasteiger partial charge in [-0.05, 0) is 43.2 Å². The van der Waals surface area contributed by atoms with E-state index in [0.717, 1.165) is 11.6 Å². The first-order valence-corrected chi connectivity index (χ1v) is 6.15. The summed E-state index contributed by atoms with van der Waals surface area (Å²) in [5, 5.41) is 9.02. The summed E-state index contributed by atoms with van der Waals surface area (Å²) in [6, 6.07) is 3.57. The SMILES string of the molecule is Nc1ccc(C2CC3CCC2C3)nc1C(=O)O. The molecule has 17 heavy (non-hydrogen) atoms. The first kappa shape index (κ1) is 10.6. The van der Waals surface area contributed by atoms with Crippen LogP contribution in [0, 0.1) is 11.8 Å². The summed E-state index contributed by atoms with van der Waals surface area (Å²) in [6.45, 7) is 0. The van der Waals surface area contributed by atoms with Gasteiger partial charge in [-0.15, -0.1) is 0 Å². The van der Waals surface area contributed by atoms with Crippen molar-refractivity contribution in [2.45, 2.75) is 31.6 Å². The second-order valence-corrected chi connectivity index (χ2v) is 5.26. The second-order valence-electron chi connectivity index (χ2n) is 5.26. The molecule has 3 N–H and O–H groups in total. The molecule has 3 atom stereocenters. The van der Waals surface area contributed by atoms with Crippen molar-refractivity contribution in [3.8, 4) is 0 Å². The van der Waals surface area contributed by atoms with Gasteiger partial charge in [-0.2, -0.15) is 0 Å². The van der Waals surface area contributed by atoms with Crippen molar-refractivity contribution in [3.05, 3.63) is 23.5 Å². The quantitative estimate of drug-likeness (QED) is 0.820. The number of carboxylic acid groups (broad SMARTS) is 1. The van der Waals surface area contributed by atoms with Crippen molar-refractivity contribution in [1.82, 2.24) is 4.98 Å². The number of hydrogen-bond acceptors (Lipinski definition) is 3. The van der Waals surface area contributed by atoms with Crippen LogP contribution in [0.15, 0.2) is 12.1 Å². The fourth-order valence-corrected chi connectivity index (χ4v) is 3.47. The van der Waals surface area contributed by atoms with E-state index in [2.05, 4.69) is 4.98 Å². The molecular formula is C13H16N2O2. The molecule has 3 unspecified atom stereocenters. The van der Waals surface area contributed by atoms with Crippen LogP contribution in [0.25, 0.3) is 0 Å². The van der Waals surface area contributed by atoms with Crippen molar-refractivity contribution in [3.63, 3.8) is 0 Å². The Balaban J connectivity index is 1.93. The first-order valence-electron chi connectivity index (χ1n) is 6.15. The zero-order valence-electron chi connectivity index (χ0n) is 9.60. The lowest BCUT2D eigenvalue weighted by Crippen LogP contribution is -2.14. The smallest absolute Gasteiger partial charge is 0.356 e. The van der Waals surface area contributed by atoms with Crippen molar-refractivity contribution < 1.29 is 9.90 Å². The van der Waals surface area contributed by atoms with E-state index in [1.54, 1.807) is 6.07 Å². The van der Waals surface area contributed by atoms with Gasteiger partial charge >= 0.3 is 5.97 Å². The molecule has 0 aliphatic heterocycles. The molecule has 1 aromatic rings.